The third kappa shape index (κ3) is 4.79. The second kappa shape index (κ2) is 8.16. The van der Waals surface area contributed by atoms with Crippen molar-refractivity contribution in [2.45, 2.75) is 49.3 Å². The Labute approximate surface area is 167 Å². The first-order chi connectivity index (χ1) is 13.6. The van der Waals surface area contributed by atoms with Gasteiger partial charge in [0.1, 0.15) is 0 Å². The number of fused-ring (bicyclic) bond motifs is 1. The number of hydrogen-bond donors (Lipinski definition) is 2. The highest BCUT2D eigenvalue weighted by Crippen LogP contribution is 2.34. The number of aryl methyl sites for hydroxylation is 1. The number of rotatable bonds is 5. The van der Waals surface area contributed by atoms with Crippen molar-refractivity contribution in [3.05, 3.63) is 65.2 Å². The zero-order valence-electron chi connectivity index (χ0n) is 15.7. The maximum atomic E-state index is 13.2. The van der Waals surface area contributed by atoms with Crippen molar-refractivity contribution in [2.75, 3.05) is 0 Å². The summed E-state index contributed by atoms with van der Waals surface area (Å²) in [6.07, 6.45) is -2.35. The van der Waals surface area contributed by atoms with E-state index in [1.54, 1.807) is 0 Å². The molecule has 0 saturated heterocycles. The molecule has 29 heavy (non-hydrogen) atoms. The number of benzene rings is 2. The van der Waals surface area contributed by atoms with Crippen molar-refractivity contribution in [3.8, 4) is 0 Å². The van der Waals surface area contributed by atoms with Crippen LogP contribution in [0, 0.1) is 0 Å². The fourth-order valence-corrected chi connectivity index (χ4v) is 4.92. The van der Waals surface area contributed by atoms with E-state index in [0.717, 1.165) is 36.1 Å². The molecule has 5 nitrogen and oxygen atoms in total. The number of alkyl halides is 3. The molecule has 0 radical (unpaired) electrons. The van der Waals surface area contributed by atoms with E-state index in [1.165, 1.54) is 13.0 Å². The minimum atomic E-state index is -4.83. The molecule has 1 unspecified atom stereocenters. The molecule has 2 atom stereocenters. The van der Waals surface area contributed by atoms with Gasteiger partial charge in [0, 0.05) is 0 Å². The van der Waals surface area contributed by atoms with E-state index >= 15 is 0 Å². The van der Waals surface area contributed by atoms with E-state index in [-0.39, 0.29) is 6.04 Å². The number of halogens is 3. The van der Waals surface area contributed by atoms with E-state index < -0.39 is 38.6 Å². The zero-order valence-corrected chi connectivity index (χ0v) is 16.5. The van der Waals surface area contributed by atoms with Crippen LogP contribution in [0.25, 0.3) is 0 Å². The van der Waals surface area contributed by atoms with Crippen molar-refractivity contribution < 1.29 is 26.4 Å². The van der Waals surface area contributed by atoms with Crippen LogP contribution in [0.4, 0.5) is 13.2 Å². The normalized spacial score (nSPS) is 18.0. The number of sulfonamides is 1. The Kier molecular flexibility index (Phi) is 6.00. The quantitative estimate of drug-likeness (QED) is 0.768. The molecule has 9 heteroatoms. The van der Waals surface area contributed by atoms with Gasteiger partial charge >= 0.3 is 6.18 Å². The minimum absolute atomic E-state index is 0.262. The van der Waals surface area contributed by atoms with Gasteiger partial charge in [-0.2, -0.15) is 17.9 Å². The summed E-state index contributed by atoms with van der Waals surface area (Å²) in [6, 6.07) is 10.0. The lowest BCUT2D eigenvalue weighted by Crippen LogP contribution is -2.46. The molecule has 0 aliphatic heterocycles. The lowest BCUT2D eigenvalue weighted by atomic mass is 9.87. The molecule has 1 amide bonds. The summed E-state index contributed by atoms with van der Waals surface area (Å²) in [5.41, 5.74) is 0.822. The number of nitrogens with one attached hydrogen (secondary N) is 2. The Hall–Kier alpha value is -2.39. The van der Waals surface area contributed by atoms with Crippen LogP contribution in [0.15, 0.2) is 53.4 Å². The topological polar surface area (TPSA) is 75.3 Å². The van der Waals surface area contributed by atoms with Crippen LogP contribution in [0.5, 0.6) is 0 Å². The first-order valence-electron chi connectivity index (χ1n) is 9.16. The first-order valence-corrected chi connectivity index (χ1v) is 10.6. The van der Waals surface area contributed by atoms with Crippen LogP contribution in [0.2, 0.25) is 0 Å². The summed E-state index contributed by atoms with van der Waals surface area (Å²) in [5, 5.41) is 2.81. The molecule has 0 spiro atoms. The van der Waals surface area contributed by atoms with Crippen LogP contribution in [0.1, 0.15) is 42.5 Å². The maximum Gasteiger partial charge on any atom is 0.417 e. The summed E-state index contributed by atoms with van der Waals surface area (Å²) < 4.78 is 66.5. The highest BCUT2D eigenvalue weighted by atomic mass is 32.2. The predicted octanol–water partition coefficient (Wildman–Crippen LogP) is 3.57. The second-order valence-corrected chi connectivity index (χ2v) is 8.67. The van der Waals surface area contributed by atoms with Crippen molar-refractivity contribution in [1.82, 2.24) is 10.0 Å². The Bertz CT molecular complexity index is 1010. The third-order valence-corrected chi connectivity index (χ3v) is 6.49. The fourth-order valence-electron chi connectivity index (χ4n) is 3.49. The van der Waals surface area contributed by atoms with E-state index in [1.807, 2.05) is 24.3 Å². The summed E-state index contributed by atoms with van der Waals surface area (Å²) in [4.78, 5) is 11.6. The summed E-state index contributed by atoms with van der Waals surface area (Å²) in [6.45, 7) is 1.30. The van der Waals surface area contributed by atoms with E-state index in [9.17, 15) is 26.4 Å². The molecule has 1 aliphatic carbocycles. The van der Waals surface area contributed by atoms with Gasteiger partial charge in [-0.15, -0.1) is 0 Å². The van der Waals surface area contributed by atoms with Crippen LogP contribution in [-0.4, -0.2) is 20.4 Å². The highest BCUT2D eigenvalue weighted by molar-refractivity contribution is 7.89. The van der Waals surface area contributed by atoms with Gasteiger partial charge in [-0.25, -0.2) is 8.42 Å². The SMILES string of the molecule is C[C@H](NS(=O)(=O)c1ccccc1C(F)(F)F)C(=O)NC1CCCc2ccccc21. The average molecular weight is 426 g/mol. The number of hydrogen-bond acceptors (Lipinski definition) is 3. The molecule has 2 aromatic rings. The molecule has 0 heterocycles. The van der Waals surface area contributed by atoms with Gasteiger partial charge in [0.2, 0.25) is 15.9 Å². The van der Waals surface area contributed by atoms with Gasteiger partial charge in [-0.1, -0.05) is 36.4 Å². The molecule has 0 aromatic heterocycles. The van der Waals surface area contributed by atoms with Gasteiger partial charge in [-0.3, -0.25) is 4.79 Å². The lowest BCUT2D eigenvalue weighted by Gasteiger charge is -2.27. The molecule has 156 valence electrons. The molecule has 1 aliphatic rings. The van der Waals surface area contributed by atoms with Crippen LogP contribution < -0.4 is 10.0 Å². The molecule has 0 bridgehead atoms. The highest BCUT2D eigenvalue weighted by Gasteiger charge is 2.37. The van der Waals surface area contributed by atoms with Gasteiger partial charge in [0.15, 0.2) is 0 Å². The Morgan fingerprint density at radius 2 is 1.76 bits per heavy atom. The molecule has 0 saturated carbocycles. The molecular weight excluding hydrogens is 405 g/mol. The predicted molar refractivity (Wildman–Crippen MR) is 101 cm³/mol. The van der Waals surface area contributed by atoms with Crippen LogP contribution in [0.3, 0.4) is 0 Å². The average Bonchev–Trinajstić information content (AvgIpc) is 2.67. The zero-order chi connectivity index (χ0) is 21.2. The minimum Gasteiger partial charge on any atom is -0.348 e. The molecule has 2 N–H and O–H groups in total. The van der Waals surface area contributed by atoms with Crippen LogP contribution in [-0.2, 0) is 27.4 Å². The first kappa shape index (κ1) is 21.3. The summed E-state index contributed by atoms with van der Waals surface area (Å²) in [7, 11) is -4.55. The van der Waals surface area contributed by atoms with Gasteiger partial charge in [-0.05, 0) is 49.4 Å². The van der Waals surface area contributed by atoms with Crippen molar-refractivity contribution in [1.29, 1.82) is 0 Å². The van der Waals surface area contributed by atoms with Crippen molar-refractivity contribution >= 4 is 15.9 Å². The monoisotopic (exact) mass is 426 g/mol. The standard InChI is InChI=1S/C20H21F3N2O3S/c1-13(19(26)24-17-11-6-8-14-7-2-3-9-15(14)17)25-29(27,28)18-12-5-4-10-16(18)20(21,22)23/h2-5,7,9-10,12-13,17,25H,6,8,11H2,1H3,(H,24,26)/t13-,17?/m0/s1. The summed E-state index contributed by atoms with van der Waals surface area (Å²) >= 11 is 0. The molecule has 3 rings (SSSR count). The van der Waals surface area contributed by atoms with Gasteiger partial charge in [0.05, 0.1) is 22.5 Å². The number of carbonyl (C=O) groups is 1. The number of carbonyl (C=O) groups excluding carboxylic acids is 1. The van der Waals surface area contributed by atoms with Crippen LogP contribution >= 0.6 is 0 Å². The smallest absolute Gasteiger partial charge is 0.348 e. The molecule has 2 aromatic carbocycles. The van der Waals surface area contributed by atoms with E-state index in [4.69, 9.17) is 0 Å². The maximum absolute atomic E-state index is 13.2. The Balaban J connectivity index is 1.75. The summed E-state index contributed by atoms with van der Waals surface area (Å²) in [5.74, 6) is -0.597. The largest absolute Gasteiger partial charge is 0.417 e. The van der Waals surface area contributed by atoms with E-state index in [0.29, 0.717) is 12.5 Å². The molecular formula is C20H21F3N2O3S. The van der Waals surface area contributed by atoms with Gasteiger partial charge < -0.3 is 5.32 Å². The van der Waals surface area contributed by atoms with Gasteiger partial charge in [0.25, 0.3) is 0 Å². The fraction of sp³-hybridized carbons (Fsp3) is 0.350. The Morgan fingerprint density at radius 1 is 1.10 bits per heavy atom. The third-order valence-electron chi connectivity index (χ3n) is 4.89. The van der Waals surface area contributed by atoms with Crippen molar-refractivity contribution in [3.63, 3.8) is 0 Å². The second-order valence-electron chi connectivity index (χ2n) is 6.99. The Morgan fingerprint density at radius 3 is 2.48 bits per heavy atom. The van der Waals surface area contributed by atoms with Crippen molar-refractivity contribution in [2.24, 2.45) is 0 Å². The lowest BCUT2D eigenvalue weighted by molar-refractivity contribution is -0.139. The number of amides is 1. The van der Waals surface area contributed by atoms with E-state index in [2.05, 4.69) is 10.0 Å². The molecule has 0 fully saturated rings.